The zero-order valence-electron chi connectivity index (χ0n) is 9.52. The first-order chi connectivity index (χ1) is 7.78. The normalized spacial score (nSPS) is 34.4. The molecule has 2 unspecified atom stereocenters. The van der Waals surface area contributed by atoms with Crippen molar-refractivity contribution in [1.82, 2.24) is 0 Å². The van der Waals surface area contributed by atoms with E-state index in [4.69, 9.17) is 10.5 Å². The molecule has 16 heavy (non-hydrogen) atoms. The molecular weight excluding hydrogens is 218 g/mol. The molecule has 0 radical (unpaired) electrons. The predicted octanol–water partition coefficient (Wildman–Crippen LogP) is 2.58. The fourth-order valence-electron chi connectivity index (χ4n) is 2.77. The van der Waals surface area contributed by atoms with Crippen molar-refractivity contribution in [3.05, 3.63) is 22.4 Å². The van der Waals surface area contributed by atoms with Gasteiger partial charge < -0.3 is 10.5 Å². The molecule has 1 aromatic heterocycles. The van der Waals surface area contributed by atoms with E-state index >= 15 is 0 Å². The Morgan fingerprint density at radius 2 is 2.38 bits per heavy atom. The third-order valence-corrected chi connectivity index (χ3v) is 4.67. The van der Waals surface area contributed by atoms with Crippen LogP contribution in [0.1, 0.15) is 31.2 Å². The van der Waals surface area contributed by atoms with Crippen molar-refractivity contribution >= 4 is 11.3 Å². The average Bonchev–Trinajstić information content (AvgIpc) is 2.84. The first kappa shape index (κ1) is 10.8. The van der Waals surface area contributed by atoms with Crippen LogP contribution in [0.4, 0.5) is 0 Å². The van der Waals surface area contributed by atoms with E-state index in [1.54, 1.807) is 11.3 Å². The molecule has 2 atom stereocenters. The number of nitrogens with two attached hydrogens (primary N) is 1. The molecule has 2 aliphatic rings. The topological polar surface area (TPSA) is 35.2 Å². The lowest BCUT2D eigenvalue weighted by molar-refractivity contribution is 0.0603. The second-order valence-corrected chi connectivity index (χ2v) is 6.02. The van der Waals surface area contributed by atoms with E-state index in [1.165, 1.54) is 18.4 Å². The summed E-state index contributed by atoms with van der Waals surface area (Å²) in [5.74, 6) is 0.759. The Morgan fingerprint density at radius 3 is 3.06 bits per heavy atom. The van der Waals surface area contributed by atoms with Crippen molar-refractivity contribution in [3.63, 3.8) is 0 Å². The Balaban J connectivity index is 1.63. The van der Waals surface area contributed by atoms with Crippen molar-refractivity contribution in [2.75, 3.05) is 6.61 Å². The minimum Gasteiger partial charge on any atom is -0.376 e. The number of ether oxygens (including phenoxy) is 1. The van der Waals surface area contributed by atoms with Gasteiger partial charge in [-0.15, -0.1) is 0 Å². The van der Waals surface area contributed by atoms with Crippen molar-refractivity contribution < 1.29 is 4.74 Å². The highest BCUT2D eigenvalue weighted by molar-refractivity contribution is 7.07. The van der Waals surface area contributed by atoms with Gasteiger partial charge in [0.15, 0.2) is 0 Å². The number of aryl methyl sites for hydroxylation is 1. The lowest BCUT2D eigenvalue weighted by Crippen LogP contribution is -2.48. The molecule has 2 fully saturated rings. The number of hydrogen-bond acceptors (Lipinski definition) is 3. The molecule has 0 bridgehead atoms. The molecule has 2 heterocycles. The molecule has 1 aliphatic heterocycles. The minimum absolute atomic E-state index is 0.0525. The van der Waals surface area contributed by atoms with Crippen molar-refractivity contribution in [2.24, 2.45) is 11.7 Å². The van der Waals surface area contributed by atoms with Gasteiger partial charge >= 0.3 is 0 Å². The molecule has 1 aliphatic carbocycles. The second-order valence-electron chi connectivity index (χ2n) is 5.24. The summed E-state index contributed by atoms with van der Waals surface area (Å²) in [7, 11) is 0. The maximum absolute atomic E-state index is 6.54. The van der Waals surface area contributed by atoms with Crippen molar-refractivity contribution in [1.29, 1.82) is 0 Å². The fourth-order valence-corrected chi connectivity index (χ4v) is 3.47. The molecule has 88 valence electrons. The van der Waals surface area contributed by atoms with E-state index in [-0.39, 0.29) is 5.54 Å². The lowest BCUT2D eigenvalue weighted by atomic mass is 9.84. The van der Waals surface area contributed by atoms with Crippen LogP contribution >= 0.6 is 11.3 Å². The Bertz CT molecular complexity index is 347. The smallest absolute Gasteiger partial charge is 0.0783 e. The summed E-state index contributed by atoms with van der Waals surface area (Å²) in [4.78, 5) is 0. The van der Waals surface area contributed by atoms with Gasteiger partial charge in [0.2, 0.25) is 0 Å². The maximum atomic E-state index is 6.54. The van der Waals surface area contributed by atoms with Gasteiger partial charge in [-0.25, -0.2) is 0 Å². The molecule has 0 amide bonds. The van der Waals surface area contributed by atoms with E-state index in [1.807, 2.05) is 0 Å². The summed E-state index contributed by atoms with van der Waals surface area (Å²) < 4.78 is 5.84. The SMILES string of the molecule is NC1(CCc2ccsc2)CCOC1C1CC1. The van der Waals surface area contributed by atoms with Crippen LogP contribution in [0.15, 0.2) is 16.8 Å². The van der Waals surface area contributed by atoms with E-state index < -0.39 is 0 Å². The Hall–Kier alpha value is -0.380. The van der Waals surface area contributed by atoms with Gasteiger partial charge in [0.25, 0.3) is 0 Å². The molecule has 3 rings (SSSR count). The highest BCUT2D eigenvalue weighted by atomic mass is 32.1. The molecule has 1 saturated heterocycles. The molecule has 0 aromatic carbocycles. The molecule has 0 spiro atoms. The quantitative estimate of drug-likeness (QED) is 0.873. The number of rotatable bonds is 4. The van der Waals surface area contributed by atoms with Gasteiger partial charge in [-0.3, -0.25) is 0 Å². The molecule has 1 saturated carbocycles. The summed E-state index contributed by atoms with van der Waals surface area (Å²) >= 11 is 1.77. The summed E-state index contributed by atoms with van der Waals surface area (Å²) in [6, 6.07) is 2.20. The standard InChI is InChI=1S/C13H19NOS/c14-13(5-3-10-4-8-16-9-10)6-7-15-12(13)11-1-2-11/h4,8-9,11-12H,1-3,5-7,14H2. The maximum Gasteiger partial charge on any atom is 0.0783 e. The summed E-state index contributed by atoms with van der Waals surface area (Å²) in [5.41, 5.74) is 7.91. The lowest BCUT2D eigenvalue weighted by Gasteiger charge is -2.30. The molecule has 3 heteroatoms. The minimum atomic E-state index is -0.0525. The summed E-state index contributed by atoms with van der Waals surface area (Å²) in [5, 5.41) is 4.37. The van der Waals surface area contributed by atoms with Gasteiger partial charge in [0, 0.05) is 12.1 Å². The van der Waals surface area contributed by atoms with Crippen LogP contribution in [-0.2, 0) is 11.2 Å². The van der Waals surface area contributed by atoms with Gasteiger partial charge in [-0.1, -0.05) is 0 Å². The summed E-state index contributed by atoms with van der Waals surface area (Å²) in [6.45, 7) is 0.862. The first-order valence-corrected chi connectivity index (χ1v) is 7.14. The zero-order valence-corrected chi connectivity index (χ0v) is 10.3. The van der Waals surface area contributed by atoms with Crippen molar-refractivity contribution in [3.8, 4) is 0 Å². The highest BCUT2D eigenvalue weighted by Crippen LogP contribution is 2.43. The largest absolute Gasteiger partial charge is 0.376 e. The zero-order chi connectivity index (χ0) is 11.0. The number of thiophene rings is 1. The van der Waals surface area contributed by atoms with Gasteiger partial charge in [-0.2, -0.15) is 11.3 Å². The van der Waals surface area contributed by atoms with E-state index in [0.717, 1.165) is 31.8 Å². The number of hydrogen-bond donors (Lipinski definition) is 1. The Kier molecular flexibility index (Phi) is 2.78. The molecule has 1 aromatic rings. The van der Waals surface area contributed by atoms with Crippen LogP contribution < -0.4 is 5.73 Å². The second kappa shape index (κ2) is 4.13. The Morgan fingerprint density at radius 1 is 1.50 bits per heavy atom. The van der Waals surface area contributed by atoms with Crippen LogP contribution in [0.25, 0.3) is 0 Å². The molecule has 2 nitrogen and oxygen atoms in total. The van der Waals surface area contributed by atoms with E-state index in [2.05, 4.69) is 16.8 Å². The highest BCUT2D eigenvalue weighted by Gasteiger charge is 2.48. The van der Waals surface area contributed by atoms with Crippen LogP contribution in [0.3, 0.4) is 0 Å². The van der Waals surface area contributed by atoms with Crippen LogP contribution in [-0.4, -0.2) is 18.2 Å². The van der Waals surface area contributed by atoms with Gasteiger partial charge in [0.05, 0.1) is 6.10 Å². The van der Waals surface area contributed by atoms with Crippen LogP contribution in [0.2, 0.25) is 0 Å². The van der Waals surface area contributed by atoms with Crippen molar-refractivity contribution in [2.45, 2.75) is 43.7 Å². The monoisotopic (exact) mass is 237 g/mol. The third-order valence-electron chi connectivity index (χ3n) is 3.94. The van der Waals surface area contributed by atoms with Crippen LogP contribution in [0.5, 0.6) is 0 Å². The van der Waals surface area contributed by atoms with Crippen LogP contribution in [0, 0.1) is 5.92 Å². The third kappa shape index (κ3) is 2.04. The summed E-state index contributed by atoms with van der Waals surface area (Å²) in [6.07, 6.45) is 6.20. The van der Waals surface area contributed by atoms with E-state index in [9.17, 15) is 0 Å². The first-order valence-electron chi connectivity index (χ1n) is 6.19. The predicted molar refractivity (Wildman–Crippen MR) is 66.6 cm³/mol. The van der Waals surface area contributed by atoms with Gasteiger partial charge in [0.1, 0.15) is 0 Å². The molecule has 2 N–H and O–H groups in total. The van der Waals surface area contributed by atoms with Gasteiger partial charge in [-0.05, 0) is 60.4 Å². The Labute approximate surface area is 101 Å². The van der Waals surface area contributed by atoms with E-state index in [0.29, 0.717) is 6.10 Å². The fraction of sp³-hybridized carbons (Fsp3) is 0.692. The molecular formula is C13H19NOS. The average molecular weight is 237 g/mol.